The molecule has 0 aliphatic heterocycles. The summed E-state index contributed by atoms with van der Waals surface area (Å²) in [6.45, 7) is 2.13. The molecule has 1 aromatic carbocycles. The van der Waals surface area contributed by atoms with E-state index in [0.717, 1.165) is 31.1 Å². The summed E-state index contributed by atoms with van der Waals surface area (Å²) in [6.07, 6.45) is 4.77. The average Bonchev–Trinajstić information content (AvgIpc) is 2.71. The van der Waals surface area contributed by atoms with E-state index in [4.69, 9.17) is 4.74 Å². The van der Waals surface area contributed by atoms with Crippen molar-refractivity contribution in [1.29, 1.82) is 0 Å². The van der Waals surface area contributed by atoms with Crippen LogP contribution in [0.2, 0.25) is 0 Å². The number of nitrogens with one attached hydrogen (secondary N) is 3. The average molecular weight is 400 g/mol. The SMILES string of the molecule is CCOC(=O)CCCC(=O)NC1CCCC(Nc2n[nH]c(=O)c3ccccc23)C1. The molecule has 1 amide bonds. The Morgan fingerprint density at radius 2 is 1.93 bits per heavy atom. The summed E-state index contributed by atoms with van der Waals surface area (Å²) in [5.41, 5.74) is -0.206. The van der Waals surface area contributed by atoms with Gasteiger partial charge in [0, 0.05) is 30.3 Å². The number of nitrogens with zero attached hydrogens (tertiary/aromatic N) is 1. The first-order valence-electron chi connectivity index (χ1n) is 10.3. The van der Waals surface area contributed by atoms with Gasteiger partial charge in [-0.15, -0.1) is 0 Å². The van der Waals surface area contributed by atoms with E-state index in [-0.39, 0.29) is 35.9 Å². The third-order valence-corrected chi connectivity index (χ3v) is 5.17. The van der Waals surface area contributed by atoms with Gasteiger partial charge in [0.1, 0.15) is 0 Å². The van der Waals surface area contributed by atoms with Gasteiger partial charge in [-0.05, 0) is 45.1 Å². The van der Waals surface area contributed by atoms with Gasteiger partial charge >= 0.3 is 5.97 Å². The summed E-state index contributed by atoms with van der Waals surface area (Å²) in [4.78, 5) is 35.5. The summed E-state index contributed by atoms with van der Waals surface area (Å²) >= 11 is 0. The summed E-state index contributed by atoms with van der Waals surface area (Å²) < 4.78 is 4.88. The topological polar surface area (TPSA) is 113 Å². The van der Waals surface area contributed by atoms with Crippen LogP contribution in [0, 0.1) is 0 Å². The van der Waals surface area contributed by atoms with E-state index in [1.807, 2.05) is 18.2 Å². The van der Waals surface area contributed by atoms with Gasteiger partial charge in [-0.2, -0.15) is 5.10 Å². The quantitative estimate of drug-likeness (QED) is 0.587. The molecule has 1 aliphatic carbocycles. The number of fused-ring (bicyclic) bond motifs is 1. The minimum atomic E-state index is -0.261. The van der Waals surface area contributed by atoms with E-state index in [1.54, 1.807) is 13.0 Å². The molecule has 2 atom stereocenters. The molecular weight excluding hydrogens is 372 g/mol. The van der Waals surface area contributed by atoms with Crippen LogP contribution in [-0.2, 0) is 14.3 Å². The highest BCUT2D eigenvalue weighted by molar-refractivity contribution is 5.90. The smallest absolute Gasteiger partial charge is 0.305 e. The monoisotopic (exact) mass is 400 g/mol. The first-order valence-corrected chi connectivity index (χ1v) is 10.3. The summed E-state index contributed by atoms with van der Waals surface area (Å²) in [5, 5.41) is 14.6. The normalized spacial score (nSPS) is 18.9. The zero-order valence-electron chi connectivity index (χ0n) is 16.7. The number of hydrogen-bond acceptors (Lipinski definition) is 6. The maximum absolute atomic E-state index is 12.2. The molecule has 2 unspecified atom stereocenters. The van der Waals surface area contributed by atoms with E-state index in [2.05, 4.69) is 20.8 Å². The van der Waals surface area contributed by atoms with E-state index in [9.17, 15) is 14.4 Å². The Labute approximate surface area is 169 Å². The second kappa shape index (κ2) is 10.0. The number of hydrogen-bond donors (Lipinski definition) is 3. The maximum atomic E-state index is 12.2. The Bertz CT molecular complexity index is 911. The van der Waals surface area contributed by atoms with Gasteiger partial charge in [0.05, 0.1) is 12.0 Å². The predicted octanol–water partition coefficient (Wildman–Crippen LogP) is 2.50. The van der Waals surface area contributed by atoms with Gasteiger partial charge in [-0.3, -0.25) is 14.4 Å². The molecule has 3 rings (SSSR count). The number of aromatic nitrogens is 2. The zero-order valence-corrected chi connectivity index (χ0v) is 16.7. The Hall–Kier alpha value is -2.90. The number of esters is 1. The highest BCUT2D eigenvalue weighted by atomic mass is 16.5. The van der Waals surface area contributed by atoms with E-state index < -0.39 is 0 Å². The van der Waals surface area contributed by atoms with Crippen molar-refractivity contribution >= 4 is 28.5 Å². The summed E-state index contributed by atoms with van der Waals surface area (Å²) in [7, 11) is 0. The van der Waals surface area contributed by atoms with Crippen molar-refractivity contribution < 1.29 is 14.3 Å². The number of benzene rings is 1. The third-order valence-electron chi connectivity index (χ3n) is 5.17. The molecule has 2 aromatic rings. The lowest BCUT2D eigenvalue weighted by atomic mass is 9.90. The van der Waals surface area contributed by atoms with Crippen LogP contribution in [0.15, 0.2) is 29.1 Å². The number of anilines is 1. The minimum absolute atomic E-state index is 0.0347. The van der Waals surface area contributed by atoms with Crippen molar-refractivity contribution in [3.05, 3.63) is 34.6 Å². The highest BCUT2D eigenvalue weighted by Gasteiger charge is 2.24. The van der Waals surface area contributed by atoms with Gasteiger partial charge in [0.25, 0.3) is 5.56 Å². The largest absolute Gasteiger partial charge is 0.466 e. The highest BCUT2D eigenvalue weighted by Crippen LogP contribution is 2.24. The van der Waals surface area contributed by atoms with Gasteiger partial charge in [0.15, 0.2) is 5.82 Å². The standard InChI is InChI=1S/C21H28N4O4/c1-2-29-19(27)12-6-11-18(26)22-14-7-5-8-15(13-14)23-20-16-9-3-4-10-17(16)21(28)25-24-20/h3-4,9-10,14-15H,2,5-8,11-13H2,1H3,(H,22,26)(H,23,24)(H,25,28). The first kappa shape index (κ1) is 20.8. The Kier molecular flexibility index (Phi) is 7.21. The van der Waals surface area contributed by atoms with E-state index in [1.165, 1.54) is 0 Å². The van der Waals surface area contributed by atoms with E-state index in [0.29, 0.717) is 30.7 Å². The van der Waals surface area contributed by atoms with Gasteiger partial charge in [-0.1, -0.05) is 18.2 Å². The molecule has 1 saturated carbocycles. The van der Waals surface area contributed by atoms with E-state index >= 15 is 0 Å². The van der Waals surface area contributed by atoms with Crippen LogP contribution in [0.5, 0.6) is 0 Å². The predicted molar refractivity (Wildman–Crippen MR) is 111 cm³/mol. The Morgan fingerprint density at radius 1 is 1.17 bits per heavy atom. The molecule has 0 spiro atoms. The number of rotatable bonds is 8. The van der Waals surface area contributed by atoms with Crippen molar-refractivity contribution in [2.24, 2.45) is 0 Å². The lowest BCUT2D eigenvalue weighted by Gasteiger charge is -2.30. The van der Waals surface area contributed by atoms with Crippen LogP contribution in [0.3, 0.4) is 0 Å². The molecule has 0 saturated heterocycles. The number of H-pyrrole nitrogens is 1. The van der Waals surface area contributed by atoms with Gasteiger partial charge < -0.3 is 15.4 Å². The summed E-state index contributed by atoms with van der Waals surface area (Å²) in [6, 6.07) is 7.62. The molecule has 1 aromatic heterocycles. The van der Waals surface area contributed by atoms with Crippen molar-refractivity contribution in [3.8, 4) is 0 Å². The molecule has 1 heterocycles. The lowest BCUT2D eigenvalue weighted by Crippen LogP contribution is -2.42. The molecule has 0 bridgehead atoms. The van der Waals surface area contributed by atoms with Crippen LogP contribution in [0.4, 0.5) is 5.82 Å². The molecule has 29 heavy (non-hydrogen) atoms. The molecule has 0 radical (unpaired) electrons. The molecule has 8 heteroatoms. The first-order chi connectivity index (χ1) is 14.1. The van der Waals surface area contributed by atoms with Crippen LogP contribution in [-0.4, -0.2) is 40.8 Å². The van der Waals surface area contributed by atoms with Gasteiger partial charge in [0.2, 0.25) is 5.91 Å². The van der Waals surface area contributed by atoms with Crippen LogP contribution in [0.25, 0.3) is 10.8 Å². The third kappa shape index (κ3) is 5.79. The molecule has 1 fully saturated rings. The van der Waals surface area contributed by atoms with Crippen molar-refractivity contribution in [2.45, 2.75) is 64.0 Å². The Balaban J connectivity index is 1.52. The fraction of sp³-hybridized carbons (Fsp3) is 0.524. The zero-order chi connectivity index (χ0) is 20.6. The second-order valence-electron chi connectivity index (χ2n) is 7.38. The molecule has 1 aliphatic rings. The maximum Gasteiger partial charge on any atom is 0.305 e. The van der Waals surface area contributed by atoms with Crippen molar-refractivity contribution in [3.63, 3.8) is 0 Å². The summed E-state index contributed by atoms with van der Waals surface area (Å²) in [5.74, 6) is 0.363. The van der Waals surface area contributed by atoms with Crippen LogP contribution < -0.4 is 16.2 Å². The Morgan fingerprint density at radius 3 is 2.72 bits per heavy atom. The van der Waals surface area contributed by atoms with Crippen molar-refractivity contribution in [1.82, 2.24) is 15.5 Å². The number of ether oxygens (including phenoxy) is 1. The number of carbonyl (C=O) groups is 2. The van der Waals surface area contributed by atoms with Crippen LogP contribution >= 0.6 is 0 Å². The molecule has 8 nitrogen and oxygen atoms in total. The number of aromatic amines is 1. The fourth-order valence-electron chi connectivity index (χ4n) is 3.80. The molecular formula is C21H28N4O4. The van der Waals surface area contributed by atoms with Gasteiger partial charge in [-0.25, -0.2) is 5.10 Å². The van der Waals surface area contributed by atoms with Crippen LogP contribution in [0.1, 0.15) is 51.9 Å². The fourth-order valence-corrected chi connectivity index (χ4v) is 3.80. The lowest BCUT2D eigenvalue weighted by molar-refractivity contribution is -0.143. The number of carbonyl (C=O) groups excluding carboxylic acids is 2. The van der Waals surface area contributed by atoms with Crippen molar-refractivity contribution in [2.75, 3.05) is 11.9 Å². The second-order valence-corrected chi connectivity index (χ2v) is 7.38. The molecule has 156 valence electrons. The molecule has 3 N–H and O–H groups in total. The minimum Gasteiger partial charge on any atom is -0.466 e. The number of amides is 1.